The topological polar surface area (TPSA) is 64.4 Å². The summed E-state index contributed by atoms with van der Waals surface area (Å²) in [5.74, 6) is 0.278. The molecule has 1 aromatic carbocycles. The van der Waals surface area contributed by atoms with Gasteiger partial charge in [-0.2, -0.15) is 20.5 Å². The summed E-state index contributed by atoms with van der Waals surface area (Å²) < 4.78 is 28.3. The molecule has 0 saturated heterocycles. The number of ether oxygens (including phenoxy) is 1. The average molecular weight is 361 g/mol. The van der Waals surface area contributed by atoms with Gasteiger partial charge in [-0.25, -0.2) is 0 Å². The van der Waals surface area contributed by atoms with Gasteiger partial charge >= 0.3 is 6.61 Å². The second kappa shape index (κ2) is 10.0. The van der Waals surface area contributed by atoms with Crippen LogP contribution < -0.4 is 15.8 Å². The fourth-order valence-electron chi connectivity index (χ4n) is 1.38. The molecule has 0 radical (unpaired) electrons. The van der Waals surface area contributed by atoms with Crippen LogP contribution in [0.5, 0.6) is 5.75 Å². The number of hydrogen-bond acceptors (Lipinski definition) is 4. The lowest BCUT2D eigenvalue weighted by molar-refractivity contribution is -0.117. The standard InChI is InChI=1S/C12H15ClF2N2O2S.ClH/c1-20-5-4-9(16)11(18)17-7-2-3-10(8(13)6-7)19-12(14)15;/h2-3,6,9,12H,4-5,16H2,1H3,(H,17,18);1H/t9-;/m0./s1. The molecule has 0 spiro atoms. The molecule has 0 heterocycles. The Morgan fingerprint density at radius 1 is 1.52 bits per heavy atom. The van der Waals surface area contributed by atoms with Crippen molar-refractivity contribution in [3.8, 4) is 5.75 Å². The van der Waals surface area contributed by atoms with Crippen molar-refractivity contribution in [2.45, 2.75) is 19.1 Å². The molecule has 1 amide bonds. The molecule has 0 saturated carbocycles. The third-order valence-corrected chi connectivity index (χ3v) is 3.32. The third kappa shape index (κ3) is 7.17. The van der Waals surface area contributed by atoms with Gasteiger partial charge in [0, 0.05) is 5.69 Å². The molecule has 0 bridgehead atoms. The Labute approximate surface area is 137 Å². The molecule has 0 aliphatic carbocycles. The number of alkyl halides is 2. The van der Waals surface area contributed by atoms with Crippen molar-refractivity contribution in [2.24, 2.45) is 5.73 Å². The zero-order valence-corrected chi connectivity index (χ0v) is 13.5. The Balaban J connectivity index is 0.00000400. The number of rotatable bonds is 7. The smallest absolute Gasteiger partial charge is 0.387 e. The number of thioether (sulfide) groups is 1. The highest BCUT2D eigenvalue weighted by Gasteiger charge is 2.14. The van der Waals surface area contributed by atoms with Gasteiger partial charge in [-0.15, -0.1) is 12.4 Å². The summed E-state index contributed by atoms with van der Waals surface area (Å²) in [7, 11) is 0. The first-order valence-corrected chi connectivity index (χ1v) is 7.51. The van der Waals surface area contributed by atoms with Gasteiger partial charge in [0.2, 0.25) is 5.91 Å². The van der Waals surface area contributed by atoms with E-state index in [0.717, 1.165) is 5.75 Å². The largest absolute Gasteiger partial charge is 0.433 e. The molecule has 1 aromatic rings. The van der Waals surface area contributed by atoms with Gasteiger partial charge in [0.15, 0.2) is 0 Å². The number of halogens is 4. The van der Waals surface area contributed by atoms with Crippen molar-refractivity contribution < 1.29 is 18.3 Å². The summed E-state index contributed by atoms with van der Waals surface area (Å²) >= 11 is 7.37. The van der Waals surface area contributed by atoms with Crippen LogP contribution in [0.1, 0.15) is 6.42 Å². The van der Waals surface area contributed by atoms with Crippen molar-refractivity contribution in [1.29, 1.82) is 0 Å². The fraction of sp³-hybridized carbons (Fsp3) is 0.417. The highest BCUT2D eigenvalue weighted by Crippen LogP contribution is 2.28. The highest BCUT2D eigenvalue weighted by molar-refractivity contribution is 7.98. The van der Waals surface area contributed by atoms with E-state index in [9.17, 15) is 13.6 Å². The number of nitrogens with one attached hydrogen (secondary N) is 1. The highest BCUT2D eigenvalue weighted by atomic mass is 35.5. The van der Waals surface area contributed by atoms with Gasteiger partial charge in [-0.05, 0) is 36.6 Å². The summed E-state index contributed by atoms with van der Waals surface area (Å²) in [4.78, 5) is 11.8. The number of nitrogens with two attached hydrogens (primary N) is 1. The predicted molar refractivity (Wildman–Crippen MR) is 84.9 cm³/mol. The Morgan fingerprint density at radius 3 is 2.71 bits per heavy atom. The summed E-state index contributed by atoms with van der Waals surface area (Å²) in [6, 6.07) is 3.39. The van der Waals surface area contributed by atoms with Crippen molar-refractivity contribution in [2.75, 3.05) is 17.3 Å². The second-order valence-electron chi connectivity index (χ2n) is 3.90. The lowest BCUT2D eigenvalue weighted by atomic mass is 10.2. The Bertz CT molecular complexity index is 467. The van der Waals surface area contributed by atoms with Crippen LogP contribution in [-0.2, 0) is 4.79 Å². The molecular formula is C12H16Cl2F2N2O2S. The maximum Gasteiger partial charge on any atom is 0.387 e. The van der Waals surface area contributed by atoms with Gasteiger partial charge in [-0.1, -0.05) is 11.6 Å². The van der Waals surface area contributed by atoms with Crippen molar-refractivity contribution in [3.05, 3.63) is 23.2 Å². The normalized spacial score (nSPS) is 11.7. The number of carbonyl (C=O) groups is 1. The quantitative estimate of drug-likeness (QED) is 0.782. The van der Waals surface area contributed by atoms with E-state index < -0.39 is 12.7 Å². The maximum absolute atomic E-state index is 12.1. The molecule has 0 aliphatic rings. The van der Waals surface area contributed by atoms with E-state index in [4.69, 9.17) is 17.3 Å². The lowest BCUT2D eigenvalue weighted by Crippen LogP contribution is -2.36. The van der Waals surface area contributed by atoms with Gasteiger partial charge in [0.05, 0.1) is 11.1 Å². The van der Waals surface area contributed by atoms with Crippen molar-refractivity contribution >= 4 is 47.4 Å². The molecule has 120 valence electrons. The van der Waals surface area contributed by atoms with Gasteiger partial charge in [0.1, 0.15) is 5.75 Å². The minimum atomic E-state index is -2.95. The Morgan fingerprint density at radius 2 is 2.19 bits per heavy atom. The minimum absolute atomic E-state index is 0. The summed E-state index contributed by atoms with van der Waals surface area (Å²) in [6.45, 7) is -2.95. The van der Waals surface area contributed by atoms with Gasteiger partial charge < -0.3 is 15.8 Å². The number of hydrogen-bond donors (Lipinski definition) is 2. The molecule has 1 atom stereocenters. The van der Waals surface area contributed by atoms with Crippen LogP contribution in [0, 0.1) is 0 Å². The van der Waals surface area contributed by atoms with Crippen LogP contribution in [0.4, 0.5) is 14.5 Å². The van der Waals surface area contributed by atoms with Crippen molar-refractivity contribution in [1.82, 2.24) is 0 Å². The first-order chi connectivity index (χ1) is 9.43. The maximum atomic E-state index is 12.1. The molecule has 9 heteroatoms. The number of carbonyl (C=O) groups excluding carboxylic acids is 1. The van der Waals surface area contributed by atoms with E-state index in [1.165, 1.54) is 18.2 Å². The second-order valence-corrected chi connectivity index (χ2v) is 5.29. The molecule has 1 rings (SSSR count). The molecule has 21 heavy (non-hydrogen) atoms. The molecule has 4 nitrogen and oxygen atoms in total. The van der Waals surface area contributed by atoms with E-state index in [2.05, 4.69) is 10.1 Å². The van der Waals surface area contributed by atoms with Gasteiger partial charge in [-0.3, -0.25) is 4.79 Å². The van der Waals surface area contributed by atoms with Crippen LogP contribution in [-0.4, -0.2) is 30.6 Å². The summed E-state index contributed by atoms with van der Waals surface area (Å²) in [5.41, 5.74) is 6.08. The molecular weight excluding hydrogens is 345 g/mol. The van der Waals surface area contributed by atoms with E-state index in [1.54, 1.807) is 11.8 Å². The molecule has 0 aromatic heterocycles. The van der Waals surface area contributed by atoms with Crippen LogP contribution in [0.15, 0.2) is 18.2 Å². The number of benzene rings is 1. The zero-order valence-electron chi connectivity index (χ0n) is 11.1. The molecule has 3 N–H and O–H groups in total. The fourth-order valence-corrected chi connectivity index (χ4v) is 2.10. The van der Waals surface area contributed by atoms with Crippen molar-refractivity contribution in [3.63, 3.8) is 0 Å². The first-order valence-electron chi connectivity index (χ1n) is 5.73. The summed E-state index contributed by atoms with van der Waals surface area (Å²) in [5, 5.41) is 2.56. The zero-order chi connectivity index (χ0) is 15.1. The van der Waals surface area contributed by atoms with Gasteiger partial charge in [0.25, 0.3) is 0 Å². The predicted octanol–water partition coefficient (Wildman–Crippen LogP) is 3.38. The Kier molecular flexibility index (Phi) is 9.68. The lowest BCUT2D eigenvalue weighted by Gasteiger charge is -2.13. The van der Waals surface area contributed by atoms with Crippen LogP contribution in [0.25, 0.3) is 0 Å². The molecule has 0 aliphatic heterocycles. The van der Waals surface area contributed by atoms with Crippen LogP contribution >= 0.6 is 35.8 Å². The van der Waals surface area contributed by atoms with E-state index in [0.29, 0.717) is 12.1 Å². The first kappa shape index (κ1) is 20.2. The number of amides is 1. The van der Waals surface area contributed by atoms with E-state index >= 15 is 0 Å². The van der Waals surface area contributed by atoms with Crippen LogP contribution in [0.2, 0.25) is 5.02 Å². The van der Waals surface area contributed by atoms with Crippen LogP contribution in [0.3, 0.4) is 0 Å². The SMILES string of the molecule is CSCC[C@H](N)C(=O)Nc1ccc(OC(F)F)c(Cl)c1.Cl. The third-order valence-electron chi connectivity index (χ3n) is 2.39. The number of anilines is 1. The molecule has 0 fully saturated rings. The summed E-state index contributed by atoms with van der Waals surface area (Å²) in [6.07, 6.45) is 2.47. The minimum Gasteiger partial charge on any atom is -0.433 e. The van der Waals surface area contributed by atoms with E-state index in [-0.39, 0.29) is 29.1 Å². The van der Waals surface area contributed by atoms with E-state index in [1.807, 2.05) is 6.26 Å². The Hall–Kier alpha value is -0.760. The average Bonchev–Trinajstić information content (AvgIpc) is 2.38. The monoisotopic (exact) mass is 360 g/mol. The molecule has 0 unspecified atom stereocenters.